The Labute approximate surface area is 221 Å². The van der Waals surface area contributed by atoms with Gasteiger partial charge in [0.05, 0.1) is 30.8 Å². The minimum Gasteiger partial charge on any atom is -0.545 e. The molecule has 10 nitrogen and oxygen atoms in total. The van der Waals surface area contributed by atoms with Crippen LogP contribution in [0, 0.1) is 0 Å². The molecule has 3 amide bonds. The number of methoxy groups -OCH3 is 1. The van der Waals surface area contributed by atoms with E-state index < -0.39 is 29.7 Å². The third-order valence-corrected chi connectivity index (χ3v) is 5.91. The SMILES string of the molecule is COC(=O)c1cccc(N2C(=O)C(Cl)=C(Nc3ccc(CC(=O)Nc4ccccc4C(=O)[O-])cc3)C2=O)c1. The molecule has 2 N–H and O–H groups in total. The molecular weight excluding hydrogens is 514 g/mol. The highest BCUT2D eigenvalue weighted by Crippen LogP contribution is 2.30. The fourth-order valence-corrected chi connectivity index (χ4v) is 3.95. The molecule has 1 heterocycles. The summed E-state index contributed by atoms with van der Waals surface area (Å²) in [6, 6.07) is 18.2. The van der Waals surface area contributed by atoms with Crippen LogP contribution in [0.5, 0.6) is 0 Å². The van der Waals surface area contributed by atoms with Crippen LogP contribution in [0.2, 0.25) is 0 Å². The third-order valence-electron chi connectivity index (χ3n) is 5.56. The van der Waals surface area contributed by atoms with E-state index in [-0.39, 0.29) is 39.7 Å². The maximum atomic E-state index is 13.0. The zero-order chi connectivity index (χ0) is 27.4. The molecule has 0 aliphatic carbocycles. The number of para-hydroxylation sites is 1. The molecule has 0 radical (unpaired) electrons. The summed E-state index contributed by atoms with van der Waals surface area (Å²) in [4.78, 5) is 62.1. The van der Waals surface area contributed by atoms with E-state index in [0.29, 0.717) is 11.3 Å². The molecule has 1 aliphatic heterocycles. The van der Waals surface area contributed by atoms with E-state index in [1.54, 1.807) is 30.3 Å². The number of carboxylic acid groups (broad SMARTS) is 1. The average molecular weight is 533 g/mol. The number of aromatic carboxylic acids is 1. The molecule has 4 rings (SSSR count). The molecule has 0 unspecified atom stereocenters. The lowest BCUT2D eigenvalue weighted by Crippen LogP contribution is -2.32. The van der Waals surface area contributed by atoms with Crippen molar-refractivity contribution in [1.29, 1.82) is 0 Å². The number of hydrogen-bond donors (Lipinski definition) is 2. The number of esters is 1. The Morgan fingerprint density at radius 1 is 0.947 bits per heavy atom. The largest absolute Gasteiger partial charge is 0.545 e. The van der Waals surface area contributed by atoms with Crippen LogP contribution in [-0.4, -0.2) is 36.8 Å². The Morgan fingerprint density at radius 2 is 1.66 bits per heavy atom. The second-order valence-electron chi connectivity index (χ2n) is 8.06. The molecule has 3 aromatic carbocycles. The Bertz CT molecular complexity index is 1500. The lowest BCUT2D eigenvalue weighted by molar-refractivity contribution is -0.254. The molecule has 0 saturated heterocycles. The summed E-state index contributed by atoms with van der Waals surface area (Å²) in [6.45, 7) is 0. The highest BCUT2D eigenvalue weighted by atomic mass is 35.5. The number of imide groups is 1. The van der Waals surface area contributed by atoms with E-state index in [2.05, 4.69) is 15.4 Å². The van der Waals surface area contributed by atoms with Gasteiger partial charge in [-0.05, 0) is 42.0 Å². The van der Waals surface area contributed by atoms with E-state index in [4.69, 9.17) is 11.6 Å². The van der Waals surface area contributed by atoms with Crippen LogP contribution < -0.4 is 20.6 Å². The number of benzene rings is 3. The number of rotatable bonds is 8. The quantitative estimate of drug-likeness (QED) is 0.332. The first-order valence-electron chi connectivity index (χ1n) is 11.1. The smallest absolute Gasteiger partial charge is 0.337 e. The summed E-state index contributed by atoms with van der Waals surface area (Å²) in [5.41, 5.74) is 1.19. The second kappa shape index (κ2) is 11.0. The topological polar surface area (TPSA) is 145 Å². The minimum absolute atomic E-state index is 0.0488. The van der Waals surface area contributed by atoms with Crippen molar-refractivity contribution in [2.75, 3.05) is 22.6 Å². The average Bonchev–Trinajstić information content (AvgIpc) is 3.12. The van der Waals surface area contributed by atoms with Crippen LogP contribution in [-0.2, 0) is 25.5 Å². The number of nitrogens with zero attached hydrogens (tertiary/aromatic N) is 1. The van der Waals surface area contributed by atoms with E-state index in [9.17, 15) is 29.1 Å². The monoisotopic (exact) mass is 532 g/mol. The van der Waals surface area contributed by atoms with Gasteiger partial charge in [0.25, 0.3) is 11.8 Å². The van der Waals surface area contributed by atoms with Gasteiger partial charge in [-0.3, -0.25) is 14.4 Å². The normalized spacial score (nSPS) is 12.9. The summed E-state index contributed by atoms with van der Waals surface area (Å²) in [5.74, 6) is -3.94. The maximum absolute atomic E-state index is 13.0. The van der Waals surface area contributed by atoms with Gasteiger partial charge in [-0.15, -0.1) is 0 Å². The molecule has 38 heavy (non-hydrogen) atoms. The lowest BCUT2D eigenvalue weighted by Gasteiger charge is -2.16. The molecule has 0 fully saturated rings. The summed E-state index contributed by atoms with van der Waals surface area (Å²) in [5, 5.41) is 16.3. The first-order valence-corrected chi connectivity index (χ1v) is 11.5. The molecule has 0 atom stereocenters. The molecular formula is C27H19ClN3O7-. The number of halogens is 1. The Morgan fingerprint density at radius 3 is 2.34 bits per heavy atom. The number of carbonyl (C=O) groups excluding carboxylic acids is 5. The Hall–Kier alpha value is -4.96. The summed E-state index contributed by atoms with van der Waals surface area (Å²) in [7, 11) is 1.22. The number of nitrogens with one attached hydrogen (secondary N) is 2. The molecule has 1 aliphatic rings. The van der Waals surface area contributed by atoms with Crippen LogP contribution in [0.25, 0.3) is 0 Å². The maximum Gasteiger partial charge on any atom is 0.337 e. The van der Waals surface area contributed by atoms with Crippen LogP contribution in [0.4, 0.5) is 17.1 Å². The third kappa shape index (κ3) is 5.40. The zero-order valence-electron chi connectivity index (χ0n) is 19.8. The first-order chi connectivity index (χ1) is 18.2. The van der Waals surface area contributed by atoms with Crippen LogP contribution >= 0.6 is 11.6 Å². The van der Waals surface area contributed by atoms with Crippen molar-refractivity contribution in [1.82, 2.24) is 0 Å². The molecule has 0 saturated carbocycles. The van der Waals surface area contributed by atoms with E-state index in [1.165, 1.54) is 49.6 Å². The Balaban J connectivity index is 1.44. The van der Waals surface area contributed by atoms with Crippen LogP contribution in [0.3, 0.4) is 0 Å². The van der Waals surface area contributed by atoms with Gasteiger partial charge in [-0.2, -0.15) is 0 Å². The summed E-state index contributed by atoms with van der Waals surface area (Å²) < 4.78 is 4.68. The molecule has 192 valence electrons. The van der Waals surface area contributed by atoms with Gasteiger partial charge in [0.15, 0.2) is 0 Å². The van der Waals surface area contributed by atoms with Crippen molar-refractivity contribution in [2.45, 2.75) is 6.42 Å². The van der Waals surface area contributed by atoms with Crippen molar-refractivity contribution in [3.05, 3.63) is 100 Å². The Kier molecular flexibility index (Phi) is 7.54. The van der Waals surface area contributed by atoms with Gasteiger partial charge >= 0.3 is 5.97 Å². The van der Waals surface area contributed by atoms with Gasteiger partial charge in [0, 0.05) is 16.9 Å². The number of ether oxygens (including phenoxy) is 1. The van der Waals surface area contributed by atoms with E-state index in [0.717, 1.165) is 4.90 Å². The van der Waals surface area contributed by atoms with E-state index in [1.807, 2.05) is 0 Å². The fraction of sp³-hybridized carbons (Fsp3) is 0.0741. The predicted octanol–water partition coefficient (Wildman–Crippen LogP) is 2.45. The number of carboxylic acids is 1. The second-order valence-corrected chi connectivity index (χ2v) is 8.43. The molecule has 0 bridgehead atoms. The molecule has 11 heteroatoms. The van der Waals surface area contributed by atoms with Crippen molar-refractivity contribution < 1.29 is 33.8 Å². The van der Waals surface area contributed by atoms with Crippen LogP contribution in [0.1, 0.15) is 26.3 Å². The number of carbonyl (C=O) groups is 5. The summed E-state index contributed by atoms with van der Waals surface area (Å²) >= 11 is 6.17. The van der Waals surface area contributed by atoms with E-state index >= 15 is 0 Å². The standard InChI is InChI=1S/C27H20ClN3O7/c1-38-27(37)16-5-4-6-18(14-16)31-24(33)22(28)23(25(31)34)29-17-11-9-15(10-12-17)13-21(32)30-20-8-3-2-7-19(20)26(35)36/h2-12,14,29H,13H2,1H3,(H,30,32)(H,35,36)/p-1. The van der Waals surface area contributed by atoms with Crippen LogP contribution in [0.15, 0.2) is 83.5 Å². The van der Waals surface area contributed by atoms with Gasteiger partial charge in [-0.25, -0.2) is 9.69 Å². The minimum atomic E-state index is -1.40. The van der Waals surface area contributed by atoms with Crippen molar-refractivity contribution in [3.63, 3.8) is 0 Å². The zero-order valence-corrected chi connectivity index (χ0v) is 20.6. The molecule has 3 aromatic rings. The van der Waals surface area contributed by atoms with Crippen molar-refractivity contribution in [3.8, 4) is 0 Å². The molecule has 0 aromatic heterocycles. The van der Waals surface area contributed by atoms with Crippen molar-refractivity contribution >= 4 is 58.3 Å². The molecule has 0 spiro atoms. The van der Waals surface area contributed by atoms with Gasteiger partial charge in [-0.1, -0.05) is 48.0 Å². The van der Waals surface area contributed by atoms with Crippen molar-refractivity contribution in [2.24, 2.45) is 0 Å². The lowest BCUT2D eigenvalue weighted by atomic mass is 10.1. The number of anilines is 3. The fourth-order valence-electron chi connectivity index (χ4n) is 3.74. The number of amides is 3. The predicted molar refractivity (Wildman–Crippen MR) is 136 cm³/mol. The number of hydrogen-bond acceptors (Lipinski definition) is 8. The van der Waals surface area contributed by atoms with Gasteiger partial charge < -0.3 is 25.3 Å². The summed E-state index contributed by atoms with van der Waals surface area (Å²) in [6.07, 6.45) is -0.0488. The highest BCUT2D eigenvalue weighted by Gasteiger charge is 2.39. The first kappa shape index (κ1) is 26.1. The highest BCUT2D eigenvalue weighted by molar-refractivity contribution is 6.53. The van der Waals surface area contributed by atoms with Gasteiger partial charge in [0.1, 0.15) is 10.7 Å². The van der Waals surface area contributed by atoms with Gasteiger partial charge in [0.2, 0.25) is 5.91 Å².